The maximum atomic E-state index is 13.3. The minimum absolute atomic E-state index is 0.0549. The second kappa shape index (κ2) is 9.31. The molecule has 0 unspecified atom stereocenters. The van der Waals surface area contributed by atoms with Crippen molar-refractivity contribution in [1.29, 1.82) is 0 Å². The fourth-order valence-electron chi connectivity index (χ4n) is 2.39. The molecule has 3 aromatic rings. The topological polar surface area (TPSA) is 104 Å². The van der Waals surface area contributed by atoms with Gasteiger partial charge in [-0.1, -0.05) is 28.9 Å². The maximum Gasteiger partial charge on any atom is 0.340 e. The van der Waals surface area contributed by atoms with Gasteiger partial charge in [-0.2, -0.15) is 4.98 Å². The first-order valence-electron chi connectivity index (χ1n) is 8.43. The van der Waals surface area contributed by atoms with E-state index in [2.05, 4.69) is 15.5 Å². The number of halogens is 3. The molecule has 0 atom stereocenters. The van der Waals surface area contributed by atoms with Crippen LogP contribution in [0.1, 0.15) is 22.1 Å². The first-order chi connectivity index (χ1) is 14.4. The van der Waals surface area contributed by atoms with E-state index in [1.54, 1.807) is 24.3 Å². The maximum absolute atomic E-state index is 13.3. The third-order valence-corrected chi connectivity index (χ3v) is 4.08. The van der Waals surface area contributed by atoms with Crippen LogP contribution < -0.4 is 10.1 Å². The molecule has 3 rings (SSSR count). The molecule has 8 nitrogen and oxygen atoms in total. The number of anilines is 1. The van der Waals surface area contributed by atoms with E-state index in [9.17, 15) is 18.4 Å². The van der Waals surface area contributed by atoms with Gasteiger partial charge in [0.15, 0.2) is 24.1 Å². The summed E-state index contributed by atoms with van der Waals surface area (Å²) in [5.41, 5.74) is 0.123. The minimum atomic E-state index is -1.24. The van der Waals surface area contributed by atoms with Gasteiger partial charge in [-0.15, -0.1) is 0 Å². The highest BCUT2D eigenvalue weighted by Crippen LogP contribution is 2.23. The summed E-state index contributed by atoms with van der Waals surface area (Å²) in [4.78, 5) is 28.1. The number of ether oxygens (including phenoxy) is 2. The van der Waals surface area contributed by atoms with Crippen molar-refractivity contribution in [1.82, 2.24) is 10.1 Å². The lowest BCUT2D eigenvalue weighted by Crippen LogP contribution is -2.15. The second-order valence-corrected chi connectivity index (χ2v) is 6.26. The Hall–Kier alpha value is -3.53. The van der Waals surface area contributed by atoms with Crippen molar-refractivity contribution < 1.29 is 32.4 Å². The monoisotopic (exact) mass is 437 g/mol. The molecule has 1 heterocycles. The Morgan fingerprint density at radius 1 is 1.20 bits per heavy atom. The largest absolute Gasteiger partial charge is 0.495 e. The molecule has 2 aromatic carbocycles. The molecule has 0 aliphatic heterocycles. The number of hydrogen-bond acceptors (Lipinski definition) is 7. The van der Waals surface area contributed by atoms with Gasteiger partial charge in [0.25, 0.3) is 5.89 Å². The van der Waals surface area contributed by atoms with Crippen molar-refractivity contribution in [2.45, 2.75) is 13.0 Å². The van der Waals surface area contributed by atoms with Crippen molar-refractivity contribution in [3.05, 3.63) is 70.3 Å². The van der Waals surface area contributed by atoms with Crippen LogP contribution in [0, 0.1) is 11.6 Å². The number of hydrogen-bond donors (Lipinski definition) is 1. The number of para-hydroxylation sites is 2. The van der Waals surface area contributed by atoms with E-state index >= 15 is 0 Å². The third-order valence-electron chi connectivity index (χ3n) is 3.77. The summed E-state index contributed by atoms with van der Waals surface area (Å²) < 4.78 is 41.3. The molecule has 0 aliphatic carbocycles. The van der Waals surface area contributed by atoms with Crippen molar-refractivity contribution in [3.63, 3.8) is 0 Å². The number of esters is 1. The zero-order valence-corrected chi connectivity index (χ0v) is 16.2. The Balaban J connectivity index is 1.57. The van der Waals surface area contributed by atoms with E-state index in [0.717, 1.165) is 0 Å². The average Bonchev–Trinajstić information content (AvgIpc) is 3.16. The molecule has 0 fully saturated rings. The normalized spacial score (nSPS) is 10.5. The number of benzene rings is 2. The van der Waals surface area contributed by atoms with Gasteiger partial charge in [-0.25, -0.2) is 13.6 Å². The summed E-state index contributed by atoms with van der Waals surface area (Å²) in [6.45, 7) is -0.449. The first-order valence-corrected chi connectivity index (χ1v) is 8.81. The Labute approximate surface area is 173 Å². The predicted octanol–water partition coefficient (Wildman–Crippen LogP) is 3.55. The van der Waals surface area contributed by atoms with Crippen molar-refractivity contribution in [3.8, 4) is 5.75 Å². The summed E-state index contributed by atoms with van der Waals surface area (Å²) >= 11 is 5.72. The van der Waals surface area contributed by atoms with Crippen LogP contribution in [0.4, 0.5) is 14.5 Å². The molecular formula is C19H14ClF2N3O5. The molecular weight excluding hydrogens is 424 g/mol. The Kier molecular flexibility index (Phi) is 6.58. The molecule has 1 aromatic heterocycles. The summed E-state index contributed by atoms with van der Waals surface area (Å²) in [6.07, 6.45) is -0.204. The molecule has 156 valence electrons. The number of nitrogens with one attached hydrogen (secondary N) is 1. The third kappa shape index (κ3) is 5.09. The van der Waals surface area contributed by atoms with Crippen LogP contribution in [-0.4, -0.2) is 29.1 Å². The average molecular weight is 438 g/mol. The van der Waals surface area contributed by atoms with Gasteiger partial charge in [0.05, 0.1) is 29.8 Å². The number of methoxy groups -OCH3 is 1. The van der Waals surface area contributed by atoms with Gasteiger partial charge in [0.1, 0.15) is 5.75 Å². The Morgan fingerprint density at radius 3 is 2.70 bits per heavy atom. The van der Waals surface area contributed by atoms with E-state index in [0.29, 0.717) is 23.6 Å². The summed E-state index contributed by atoms with van der Waals surface area (Å²) in [5.74, 6) is -3.41. The highest BCUT2D eigenvalue weighted by molar-refractivity contribution is 6.33. The van der Waals surface area contributed by atoms with E-state index in [4.69, 9.17) is 25.6 Å². The highest BCUT2D eigenvalue weighted by Gasteiger charge is 2.18. The van der Waals surface area contributed by atoms with Crippen LogP contribution in [-0.2, 0) is 22.6 Å². The zero-order valence-electron chi connectivity index (χ0n) is 15.4. The van der Waals surface area contributed by atoms with Gasteiger partial charge in [-0.05, 0) is 24.3 Å². The Bertz CT molecular complexity index is 1090. The molecule has 1 amide bonds. The summed E-state index contributed by atoms with van der Waals surface area (Å²) in [7, 11) is 1.48. The molecule has 0 radical (unpaired) electrons. The van der Waals surface area contributed by atoms with Crippen molar-refractivity contribution >= 4 is 29.2 Å². The van der Waals surface area contributed by atoms with Gasteiger partial charge in [0, 0.05) is 0 Å². The van der Waals surface area contributed by atoms with Crippen molar-refractivity contribution in [2.75, 3.05) is 12.4 Å². The molecule has 0 saturated carbocycles. The second-order valence-electron chi connectivity index (χ2n) is 5.85. The van der Waals surface area contributed by atoms with Crippen LogP contribution >= 0.6 is 11.6 Å². The van der Waals surface area contributed by atoms with Gasteiger partial charge in [0.2, 0.25) is 5.91 Å². The highest BCUT2D eigenvalue weighted by atomic mass is 35.5. The summed E-state index contributed by atoms with van der Waals surface area (Å²) in [6, 6.07) is 8.14. The van der Waals surface area contributed by atoms with Gasteiger partial charge in [-0.3, -0.25) is 4.79 Å². The molecule has 0 spiro atoms. The lowest BCUT2D eigenvalue weighted by atomic mass is 10.2. The standard InChI is InChI=1S/C19H14ClF2N3O5/c1-28-15-5-3-2-4-14(15)23-17(26)8-16-24-18(30-25-16)9-29-19(27)10-6-12(21)13(22)7-11(10)20/h2-7H,8-9H2,1H3,(H,23,26). The van der Waals surface area contributed by atoms with Crippen LogP contribution in [0.2, 0.25) is 5.02 Å². The SMILES string of the molecule is COc1ccccc1NC(=O)Cc1noc(COC(=O)c2cc(F)c(F)cc2Cl)n1. The fraction of sp³-hybridized carbons (Fsp3) is 0.158. The lowest BCUT2D eigenvalue weighted by molar-refractivity contribution is -0.115. The zero-order chi connectivity index (χ0) is 21.7. The Morgan fingerprint density at radius 2 is 1.93 bits per heavy atom. The number of carbonyl (C=O) groups is 2. The molecule has 0 saturated heterocycles. The predicted molar refractivity (Wildman–Crippen MR) is 100 cm³/mol. The first kappa shape index (κ1) is 21.2. The van der Waals surface area contributed by atoms with E-state index in [1.807, 2.05) is 0 Å². The van der Waals surface area contributed by atoms with Crippen LogP contribution in [0.15, 0.2) is 40.9 Å². The molecule has 0 bridgehead atoms. The van der Waals surface area contributed by atoms with Crippen LogP contribution in [0.3, 0.4) is 0 Å². The van der Waals surface area contributed by atoms with E-state index < -0.39 is 30.1 Å². The van der Waals surface area contributed by atoms with Gasteiger partial charge >= 0.3 is 5.97 Å². The van der Waals surface area contributed by atoms with Crippen LogP contribution in [0.25, 0.3) is 0 Å². The quantitative estimate of drug-likeness (QED) is 0.445. The van der Waals surface area contributed by atoms with E-state index in [-0.39, 0.29) is 28.7 Å². The van der Waals surface area contributed by atoms with Crippen LogP contribution in [0.5, 0.6) is 5.75 Å². The van der Waals surface area contributed by atoms with E-state index in [1.165, 1.54) is 7.11 Å². The minimum Gasteiger partial charge on any atom is -0.495 e. The molecule has 11 heteroatoms. The number of rotatable bonds is 7. The van der Waals surface area contributed by atoms with Crippen molar-refractivity contribution in [2.24, 2.45) is 0 Å². The number of carbonyl (C=O) groups excluding carboxylic acids is 2. The molecule has 30 heavy (non-hydrogen) atoms. The number of nitrogens with zero attached hydrogens (tertiary/aromatic N) is 2. The molecule has 1 N–H and O–H groups in total. The lowest BCUT2D eigenvalue weighted by Gasteiger charge is -2.08. The smallest absolute Gasteiger partial charge is 0.340 e. The fourth-order valence-corrected chi connectivity index (χ4v) is 2.62. The number of aromatic nitrogens is 2. The summed E-state index contributed by atoms with van der Waals surface area (Å²) in [5, 5.41) is 5.98. The molecule has 0 aliphatic rings. The van der Waals surface area contributed by atoms with Gasteiger partial charge < -0.3 is 19.3 Å². The number of amides is 1.